The van der Waals surface area contributed by atoms with E-state index in [9.17, 15) is 19.8 Å². The lowest BCUT2D eigenvalue weighted by molar-refractivity contribution is -0.149. The topological polar surface area (TPSA) is 83.8 Å². The van der Waals surface area contributed by atoms with Crippen LogP contribution in [0.15, 0.2) is 54.6 Å². The van der Waals surface area contributed by atoms with Crippen molar-refractivity contribution in [3.05, 3.63) is 71.3 Å². The van der Waals surface area contributed by atoms with E-state index < -0.39 is 17.9 Å². The Bertz CT molecular complexity index is 780. The normalized spacial score (nSPS) is 12.0. The second kappa shape index (κ2) is 9.42. The third-order valence-corrected chi connectivity index (χ3v) is 3.91. The Morgan fingerprint density at radius 2 is 1.85 bits per heavy atom. The fourth-order valence-electron chi connectivity index (χ4n) is 2.56. The van der Waals surface area contributed by atoms with Crippen molar-refractivity contribution in [3.8, 4) is 5.75 Å². The van der Waals surface area contributed by atoms with E-state index >= 15 is 0 Å². The van der Waals surface area contributed by atoms with Crippen LogP contribution in [0, 0.1) is 5.92 Å². The molecule has 0 amide bonds. The molecule has 1 atom stereocenters. The van der Waals surface area contributed by atoms with Gasteiger partial charge in [-0.1, -0.05) is 60.7 Å². The fraction of sp³-hybridized carbons (Fsp3) is 0.238. The minimum atomic E-state index is -1.12. The molecule has 0 aliphatic carbocycles. The summed E-state index contributed by atoms with van der Waals surface area (Å²) in [7, 11) is 0. The van der Waals surface area contributed by atoms with Crippen molar-refractivity contribution in [3.63, 3.8) is 0 Å². The van der Waals surface area contributed by atoms with Crippen molar-refractivity contribution in [2.24, 2.45) is 5.92 Å². The van der Waals surface area contributed by atoms with E-state index in [-0.39, 0.29) is 18.8 Å². The summed E-state index contributed by atoms with van der Waals surface area (Å²) in [6, 6.07) is 15.1. The van der Waals surface area contributed by atoms with Crippen LogP contribution < -0.4 is 0 Å². The number of benzene rings is 2. The largest absolute Gasteiger partial charge is 0.507 e. The maximum absolute atomic E-state index is 11.5. The molecule has 0 saturated heterocycles. The van der Waals surface area contributed by atoms with Crippen molar-refractivity contribution in [1.82, 2.24) is 0 Å². The molecule has 2 aromatic carbocycles. The molecule has 0 radical (unpaired) electrons. The van der Waals surface area contributed by atoms with Crippen molar-refractivity contribution in [2.75, 3.05) is 6.61 Å². The highest BCUT2D eigenvalue weighted by Gasteiger charge is 2.19. The Morgan fingerprint density at radius 1 is 1.12 bits per heavy atom. The van der Waals surface area contributed by atoms with Crippen LogP contribution in [-0.2, 0) is 20.7 Å². The zero-order chi connectivity index (χ0) is 18.9. The molecule has 2 rings (SSSR count). The zero-order valence-electron chi connectivity index (χ0n) is 14.6. The molecule has 0 spiro atoms. The molecule has 0 heterocycles. The molecule has 0 bridgehead atoms. The zero-order valence-corrected chi connectivity index (χ0v) is 14.6. The first-order valence-corrected chi connectivity index (χ1v) is 8.42. The third kappa shape index (κ3) is 5.48. The Balaban J connectivity index is 2.17. The van der Waals surface area contributed by atoms with E-state index in [0.717, 1.165) is 11.1 Å². The first kappa shape index (κ1) is 19.2. The van der Waals surface area contributed by atoms with Crippen LogP contribution in [0.3, 0.4) is 0 Å². The van der Waals surface area contributed by atoms with Gasteiger partial charge < -0.3 is 14.9 Å². The van der Waals surface area contributed by atoms with E-state index in [1.54, 1.807) is 19.1 Å². The average molecular weight is 354 g/mol. The number of hydrogen-bond donors (Lipinski definition) is 2. The number of carbonyl (C=O) groups is 2. The highest BCUT2D eigenvalue weighted by Crippen LogP contribution is 2.26. The van der Waals surface area contributed by atoms with Gasteiger partial charge >= 0.3 is 11.9 Å². The number of phenolic OH excluding ortho intramolecular Hbond substituents is 1. The lowest BCUT2D eigenvalue weighted by Gasteiger charge is -2.09. The van der Waals surface area contributed by atoms with Crippen LogP contribution in [0.1, 0.15) is 30.0 Å². The van der Waals surface area contributed by atoms with E-state index in [0.29, 0.717) is 12.0 Å². The van der Waals surface area contributed by atoms with E-state index in [2.05, 4.69) is 0 Å². The summed E-state index contributed by atoms with van der Waals surface area (Å²) in [5, 5.41) is 19.7. The molecule has 0 aliphatic heterocycles. The summed E-state index contributed by atoms with van der Waals surface area (Å²) in [6.45, 7) is 1.87. The summed E-state index contributed by atoms with van der Waals surface area (Å²) in [4.78, 5) is 22.9. The standard InChI is InChI=1S/C21H22O5/c1-2-26-19(22)14-18(21(24)25)12-11-16-9-6-10-17(20(16)23)13-15-7-4-3-5-8-15/h3-12,18,23H,2,13-14H2,1H3,(H,24,25). The second-order valence-electron chi connectivity index (χ2n) is 5.83. The van der Waals surface area contributed by atoms with Crippen molar-refractivity contribution in [2.45, 2.75) is 19.8 Å². The highest BCUT2D eigenvalue weighted by atomic mass is 16.5. The number of carboxylic acid groups (broad SMARTS) is 1. The number of carbonyl (C=O) groups excluding carboxylic acids is 1. The van der Waals surface area contributed by atoms with Gasteiger partial charge in [-0.3, -0.25) is 9.59 Å². The summed E-state index contributed by atoms with van der Waals surface area (Å²) in [5.41, 5.74) is 2.32. The molecular weight excluding hydrogens is 332 g/mol. The Kier molecular flexibility index (Phi) is 6.97. The SMILES string of the molecule is CCOC(=O)CC(C=Cc1cccc(Cc2ccccc2)c1O)C(=O)O. The molecule has 0 aliphatic rings. The molecule has 0 fully saturated rings. The maximum atomic E-state index is 11.5. The van der Waals surface area contributed by atoms with Gasteiger partial charge in [0.1, 0.15) is 5.75 Å². The minimum Gasteiger partial charge on any atom is -0.507 e. The average Bonchev–Trinajstić information content (AvgIpc) is 2.62. The minimum absolute atomic E-state index is 0.105. The summed E-state index contributed by atoms with van der Waals surface area (Å²) in [5.74, 6) is -2.58. The smallest absolute Gasteiger partial charge is 0.310 e. The van der Waals surface area contributed by atoms with Crippen LogP contribution in [0.25, 0.3) is 6.08 Å². The van der Waals surface area contributed by atoms with Crippen LogP contribution in [0.5, 0.6) is 5.75 Å². The molecule has 26 heavy (non-hydrogen) atoms. The summed E-state index contributed by atoms with van der Waals surface area (Å²) < 4.78 is 4.80. The second-order valence-corrected chi connectivity index (χ2v) is 5.83. The number of para-hydroxylation sites is 1. The summed E-state index contributed by atoms with van der Waals surface area (Å²) >= 11 is 0. The molecule has 0 aromatic heterocycles. The van der Waals surface area contributed by atoms with E-state index in [1.165, 1.54) is 12.2 Å². The van der Waals surface area contributed by atoms with Crippen LogP contribution in [0.4, 0.5) is 0 Å². The number of aliphatic carboxylic acids is 1. The van der Waals surface area contributed by atoms with Gasteiger partial charge in [0.2, 0.25) is 0 Å². The van der Waals surface area contributed by atoms with Gasteiger partial charge in [-0.15, -0.1) is 0 Å². The molecule has 136 valence electrons. The first-order valence-electron chi connectivity index (χ1n) is 8.42. The molecule has 5 nitrogen and oxygen atoms in total. The van der Waals surface area contributed by atoms with Crippen LogP contribution >= 0.6 is 0 Å². The van der Waals surface area contributed by atoms with Gasteiger partial charge in [0.05, 0.1) is 18.9 Å². The van der Waals surface area contributed by atoms with Crippen molar-refractivity contribution in [1.29, 1.82) is 0 Å². The number of aromatic hydroxyl groups is 1. The van der Waals surface area contributed by atoms with Gasteiger partial charge in [0.25, 0.3) is 0 Å². The number of phenols is 1. The third-order valence-electron chi connectivity index (χ3n) is 3.91. The maximum Gasteiger partial charge on any atom is 0.310 e. The van der Waals surface area contributed by atoms with E-state index in [1.807, 2.05) is 36.4 Å². The number of esters is 1. The number of hydrogen-bond acceptors (Lipinski definition) is 4. The van der Waals surface area contributed by atoms with Gasteiger partial charge in [0.15, 0.2) is 0 Å². The van der Waals surface area contributed by atoms with Gasteiger partial charge in [-0.2, -0.15) is 0 Å². The monoisotopic (exact) mass is 354 g/mol. The highest BCUT2D eigenvalue weighted by molar-refractivity contribution is 5.81. The Labute approximate surface area is 152 Å². The van der Waals surface area contributed by atoms with Gasteiger partial charge in [0, 0.05) is 12.0 Å². The Morgan fingerprint density at radius 3 is 2.50 bits per heavy atom. The van der Waals surface area contributed by atoms with E-state index in [4.69, 9.17) is 4.74 Å². The lowest BCUT2D eigenvalue weighted by atomic mass is 9.99. The molecule has 5 heteroatoms. The van der Waals surface area contributed by atoms with Crippen molar-refractivity contribution >= 4 is 18.0 Å². The van der Waals surface area contributed by atoms with Gasteiger partial charge in [-0.25, -0.2) is 0 Å². The predicted molar refractivity (Wildman–Crippen MR) is 98.8 cm³/mol. The molecular formula is C21H22O5. The summed E-state index contributed by atoms with van der Waals surface area (Å²) in [6.07, 6.45) is 3.26. The molecule has 2 N–H and O–H groups in total. The Hall–Kier alpha value is -3.08. The number of ether oxygens (including phenoxy) is 1. The predicted octanol–water partition coefficient (Wildman–Crippen LogP) is 3.65. The first-order chi connectivity index (χ1) is 12.5. The number of rotatable bonds is 8. The quantitative estimate of drug-likeness (QED) is 0.707. The number of carboxylic acids is 1. The molecule has 2 aromatic rings. The van der Waals surface area contributed by atoms with Crippen LogP contribution in [0.2, 0.25) is 0 Å². The fourth-order valence-corrected chi connectivity index (χ4v) is 2.56. The molecule has 1 unspecified atom stereocenters. The van der Waals surface area contributed by atoms with Crippen molar-refractivity contribution < 1.29 is 24.5 Å². The van der Waals surface area contributed by atoms with Gasteiger partial charge in [-0.05, 0) is 18.1 Å². The van der Waals surface area contributed by atoms with Crippen LogP contribution in [-0.4, -0.2) is 28.8 Å². The lowest BCUT2D eigenvalue weighted by Crippen LogP contribution is -2.17. The molecule has 0 saturated carbocycles.